The van der Waals surface area contributed by atoms with Gasteiger partial charge in [0.05, 0.1) is 13.2 Å². The van der Waals surface area contributed by atoms with Crippen LogP contribution in [0.15, 0.2) is 42.5 Å². The Kier molecular flexibility index (Phi) is 5.14. The van der Waals surface area contributed by atoms with Gasteiger partial charge in [-0.25, -0.2) is 4.39 Å². The number of hydrogen-bond acceptors (Lipinski definition) is 3. The molecule has 0 aromatic heterocycles. The fourth-order valence-electron chi connectivity index (χ4n) is 1.82. The molecule has 0 aliphatic heterocycles. The Labute approximate surface area is 121 Å². The van der Waals surface area contributed by atoms with Crippen molar-refractivity contribution in [1.29, 1.82) is 0 Å². The van der Waals surface area contributed by atoms with Crippen LogP contribution in [0.25, 0.3) is 0 Å². The fourth-order valence-corrected chi connectivity index (χ4v) is 2.03. The molecule has 0 heterocycles. The molecule has 0 unspecified atom stereocenters. The fraction of sp³-hybridized carbons (Fsp3) is 0.143. The molecule has 0 bridgehead atoms. The molecular weight excluding hydrogens is 281 g/mol. The maximum Gasteiger partial charge on any atom is 0.488 e. The van der Waals surface area contributed by atoms with Crippen molar-refractivity contribution in [3.8, 4) is 0 Å². The lowest BCUT2D eigenvalue weighted by Crippen LogP contribution is -2.30. The molecule has 0 fully saturated rings. The van der Waals surface area contributed by atoms with Crippen molar-refractivity contribution < 1.29 is 19.2 Å². The lowest BCUT2D eigenvalue weighted by Gasteiger charge is -2.07. The minimum atomic E-state index is -1.70. The molecule has 0 radical (unpaired) electrons. The molecule has 0 amide bonds. The second-order valence-corrected chi connectivity index (χ2v) is 4.83. The Morgan fingerprint density at radius 1 is 1.05 bits per heavy atom. The highest BCUT2D eigenvalue weighted by molar-refractivity contribution is 6.58. The van der Waals surface area contributed by atoms with Crippen LogP contribution in [0.4, 0.5) is 4.39 Å². The standard InChI is InChI=1S/C14H13BClFO3/c16-13-3-1-2-10(5-13)8-20-9-11-4-12(15(18)19)7-14(17)6-11/h1-7,18-19H,8-9H2. The smallest absolute Gasteiger partial charge is 0.423 e. The van der Waals surface area contributed by atoms with Gasteiger partial charge in [-0.1, -0.05) is 29.8 Å². The summed E-state index contributed by atoms with van der Waals surface area (Å²) in [6, 6.07) is 11.1. The maximum absolute atomic E-state index is 13.3. The van der Waals surface area contributed by atoms with E-state index in [1.165, 1.54) is 12.1 Å². The molecule has 0 aliphatic rings. The van der Waals surface area contributed by atoms with Crippen LogP contribution in [0.3, 0.4) is 0 Å². The predicted octanol–water partition coefficient (Wildman–Crippen LogP) is 1.88. The summed E-state index contributed by atoms with van der Waals surface area (Å²) in [4.78, 5) is 0. The Bertz CT molecular complexity index is 592. The second kappa shape index (κ2) is 6.86. The summed E-state index contributed by atoms with van der Waals surface area (Å²) in [7, 11) is -1.70. The first-order chi connectivity index (χ1) is 9.54. The van der Waals surface area contributed by atoms with Gasteiger partial charge in [0.15, 0.2) is 0 Å². The van der Waals surface area contributed by atoms with Crippen LogP contribution in [-0.4, -0.2) is 17.2 Å². The summed E-state index contributed by atoms with van der Waals surface area (Å²) in [6.45, 7) is 0.512. The van der Waals surface area contributed by atoms with E-state index in [2.05, 4.69) is 0 Å². The molecule has 0 atom stereocenters. The zero-order chi connectivity index (χ0) is 14.5. The highest BCUT2D eigenvalue weighted by Crippen LogP contribution is 2.12. The Morgan fingerprint density at radius 2 is 1.80 bits per heavy atom. The van der Waals surface area contributed by atoms with Gasteiger partial charge >= 0.3 is 7.12 Å². The van der Waals surface area contributed by atoms with Crippen LogP contribution in [0.1, 0.15) is 11.1 Å². The molecule has 0 saturated heterocycles. The van der Waals surface area contributed by atoms with Crippen LogP contribution in [0.5, 0.6) is 0 Å². The molecule has 2 aromatic carbocycles. The van der Waals surface area contributed by atoms with Crippen LogP contribution in [-0.2, 0) is 18.0 Å². The topological polar surface area (TPSA) is 49.7 Å². The van der Waals surface area contributed by atoms with Gasteiger partial charge < -0.3 is 14.8 Å². The van der Waals surface area contributed by atoms with Crippen LogP contribution in [0.2, 0.25) is 5.02 Å². The van der Waals surface area contributed by atoms with Crippen molar-refractivity contribution in [1.82, 2.24) is 0 Å². The molecule has 6 heteroatoms. The van der Waals surface area contributed by atoms with E-state index < -0.39 is 12.9 Å². The Morgan fingerprint density at radius 3 is 2.50 bits per heavy atom. The molecule has 3 nitrogen and oxygen atoms in total. The van der Waals surface area contributed by atoms with Crippen molar-refractivity contribution in [2.45, 2.75) is 13.2 Å². The summed E-state index contributed by atoms with van der Waals surface area (Å²) < 4.78 is 18.8. The first-order valence-corrected chi connectivity index (χ1v) is 6.40. The first-order valence-electron chi connectivity index (χ1n) is 6.02. The van der Waals surface area contributed by atoms with Gasteiger partial charge in [0.2, 0.25) is 0 Å². The summed E-state index contributed by atoms with van der Waals surface area (Å²) in [5, 5.41) is 18.7. The van der Waals surface area contributed by atoms with Crippen molar-refractivity contribution >= 4 is 24.2 Å². The highest BCUT2D eigenvalue weighted by Gasteiger charge is 2.13. The predicted molar refractivity (Wildman–Crippen MR) is 76.2 cm³/mol. The maximum atomic E-state index is 13.3. The zero-order valence-corrected chi connectivity index (χ0v) is 11.3. The van der Waals surface area contributed by atoms with E-state index in [-0.39, 0.29) is 12.1 Å². The minimum absolute atomic E-state index is 0.103. The van der Waals surface area contributed by atoms with Gasteiger partial charge in [0, 0.05) is 5.02 Å². The molecule has 0 saturated carbocycles. The average Bonchev–Trinajstić information content (AvgIpc) is 2.38. The average molecular weight is 295 g/mol. The molecule has 2 N–H and O–H groups in total. The molecule has 2 aromatic rings. The Balaban J connectivity index is 1.97. The van der Waals surface area contributed by atoms with E-state index in [1.807, 2.05) is 12.1 Å². The molecule has 2 rings (SSSR count). The largest absolute Gasteiger partial charge is 0.488 e. The summed E-state index contributed by atoms with van der Waals surface area (Å²) in [5.41, 5.74) is 1.55. The minimum Gasteiger partial charge on any atom is -0.423 e. The van der Waals surface area contributed by atoms with Crippen molar-refractivity contribution in [2.75, 3.05) is 0 Å². The monoisotopic (exact) mass is 294 g/mol. The van der Waals surface area contributed by atoms with Gasteiger partial charge in [-0.05, 0) is 40.9 Å². The van der Waals surface area contributed by atoms with E-state index in [0.29, 0.717) is 17.2 Å². The highest BCUT2D eigenvalue weighted by atomic mass is 35.5. The van der Waals surface area contributed by atoms with Gasteiger partial charge in [0.25, 0.3) is 0 Å². The van der Waals surface area contributed by atoms with E-state index in [1.54, 1.807) is 12.1 Å². The summed E-state index contributed by atoms with van der Waals surface area (Å²) >= 11 is 5.86. The quantitative estimate of drug-likeness (QED) is 0.828. The molecule has 0 aliphatic carbocycles. The van der Waals surface area contributed by atoms with E-state index >= 15 is 0 Å². The molecule has 20 heavy (non-hydrogen) atoms. The lowest BCUT2D eigenvalue weighted by atomic mass is 9.79. The number of hydrogen-bond donors (Lipinski definition) is 2. The van der Waals surface area contributed by atoms with E-state index in [4.69, 9.17) is 26.4 Å². The van der Waals surface area contributed by atoms with Crippen molar-refractivity contribution in [3.63, 3.8) is 0 Å². The van der Waals surface area contributed by atoms with E-state index in [9.17, 15) is 4.39 Å². The number of halogens is 2. The second-order valence-electron chi connectivity index (χ2n) is 4.39. The third-order valence-electron chi connectivity index (χ3n) is 2.70. The normalized spacial score (nSPS) is 10.6. The SMILES string of the molecule is OB(O)c1cc(F)cc(COCc2cccc(Cl)c2)c1. The van der Waals surface area contributed by atoms with E-state index in [0.717, 1.165) is 11.6 Å². The van der Waals surface area contributed by atoms with Gasteiger partial charge in [0.1, 0.15) is 5.82 Å². The Hall–Kier alpha value is -1.40. The molecule has 0 spiro atoms. The lowest BCUT2D eigenvalue weighted by molar-refractivity contribution is 0.107. The first kappa shape index (κ1) is 15.0. The van der Waals surface area contributed by atoms with Gasteiger partial charge in [-0.2, -0.15) is 0 Å². The summed E-state index contributed by atoms with van der Waals surface area (Å²) in [5.74, 6) is -0.531. The number of benzene rings is 2. The third-order valence-corrected chi connectivity index (χ3v) is 2.94. The zero-order valence-electron chi connectivity index (χ0n) is 10.6. The van der Waals surface area contributed by atoms with Crippen LogP contribution < -0.4 is 5.46 Å². The van der Waals surface area contributed by atoms with Crippen molar-refractivity contribution in [2.24, 2.45) is 0 Å². The van der Waals surface area contributed by atoms with Gasteiger partial charge in [-0.3, -0.25) is 0 Å². The van der Waals surface area contributed by atoms with Crippen molar-refractivity contribution in [3.05, 3.63) is 64.4 Å². The number of ether oxygens (including phenoxy) is 1. The van der Waals surface area contributed by atoms with Gasteiger partial charge in [-0.15, -0.1) is 0 Å². The third kappa shape index (κ3) is 4.32. The summed E-state index contributed by atoms with van der Waals surface area (Å²) in [6.07, 6.45) is 0. The molecule has 104 valence electrons. The van der Waals surface area contributed by atoms with Crippen LogP contribution >= 0.6 is 11.6 Å². The molecular formula is C14H13BClFO3. The number of rotatable bonds is 5. The van der Waals surface area contributed by atoms with Crippen LogP contribution in [0, 0.1) is 5.82 Å².